The van der Waals surface area contributed by atoms with Crippen LogP contribution in [0.3, 0.4) is 0 Å². The number of rotatable bonds is 3. The van der Waals surface area contributed by atoms with Gasteiger partial charge in [0.2, 0.25) is 0 Å². The lowest BCUT2D eigenvalue weighted by Crippen LogP contribution is -2.11. The lowest BCUT2D eigenvalue weighted by Gasteiger charge is -2.06. The Balaban J connectivity index is 2.91. The first-order valence-electron chi connectivity index (χ1n) is 4.32. The molecule has 0 unspecified atom stereocenters. The van der Waals surface area contributed by atoms with Crippen molar-refractivity contribution in [2.24, 2.45) is 0 Å². The van der Waals surface area contributed by atoms with Gasteiger partial charge < -0.3 is 5.32 Å². The predicted molar refractivity (Wildman–Crippen MR) is 53.7 cm³/mol. The van der Waals surface area contributed by atoms with Crippen molar-refractivity contribution in [3.63, 3.8) is 0 Å². The Bertz CT molecular complexity index is 255. The van der Waals surface area contributed by atoms with Gasteiger partial charge in [-0.15, -0.1) is 11.3 Å². The highest BCUT2D eigenvalue weighted by Crippen LogP contribution is 2.24. The molecule has 0 saturated heterocycles. The zero-order valence-electron chi connectivity index (χ0n) is 8.14. The SMILES string of the molecule is CCc1nc(C)c([C@@H](C)NC)s1. The Hall–Kier alpha value is -0.410. The summed E-state index contributed by atoms with van der Waals surface area (Å²) < 4.78 is 0. The Labute approximate surface area is 78.0 Å². The van der Waals surface area contributed by atoms with Crippen LogP contribution in [-0.2, 0) is 6.42 Å². The summed E-state index contributed by atoms with van der Waals surface area (Å²) in [5.74, 6) is 0. The topological polar surface area (TPSA) is 24.9 Å². The molecule has 0 bridgehead atoms. The third-order valence-electron chi connectivity index (χ3n) is 2.01. The summed E-state index contributed by atoms with van der Waals surface area (Å²) in [5, 5.41) is 4.47. The van der Waals surface area contributed by atoms with Gasteiger partial charge in [0.05, 0.1) is 10.7 Å². The number of aromatic nitrogens is 1. The number of nitrogens with zero attached hydrogens (tertiary/aromatic N) is 1. The number of hydrogen-bond donors (Lipinski definition) is 1. The highest BCUT2D eigenvalue weighted by atomic mass is 32.1. The first-order chi connectivity index (χ1) is 5.69. The normalized spacial score (nSPS) is 13.3. The predicted octanol–water partition coefficient (Wildman–Crippen LogP) is 2.29. The van der Waals surface area contributed by atoms with Crippen LogP contribution in [0.15, 0.2) is 0 Å². The molecule has 0 spiro atoms. The maximum absolute atomic E-state index is 4.48. The van der Waals surface area contributed by atoms with Gasteiger partial charge in [-0.3, -0.25) is 0 Å². The molecule has 2 nitrogen and oxygen atoms in total. The minimum absolute atomic E-state index is 0.433. The number of hydrogen-bond acceptors (Lipinski definition) is 3. The van der Waals surface area contributed by atoms with Crippen LogP contribution in [0.1, 0.15) is 35.5 Å². The van der Waals surface area contributed by atoms with Gasteiger partial charge >= 0.3 is 0 Å². The molecule has 1 aromatic heterocycles. The molecule has 68 valence electrons. The monoisotopic (exact) mass is 184 g/mol. The third-order valence-corrected chi connectivity index (χ3v) is 3.49. The molecule has 1 atom stereocenters. The fraction of sp³-hybridized carbons (Fsp3) is 0.667. The largest absolute Gasteiger partial charge is 0.312 e. The molecule has 0 fully saturated rings. The maximum atomic E-state index is 4.48. The third kappa shape index (κ3) is 1.84. The average Bonchev–Trinajstić information content (AvgIpc) is 2.45. The Morgan fingerprint density at radius 3 is 2.67 bits per heavy atom. The van der Waals surface area contributed by atoms with E-state index in [0.717, 1.165) is 6.42 Å². The van der Waals surface area contributed by atoms with Crippen molar-refractivity contribution >= 4 is 11.3 Å². The Morgan fingerprint density at radius 1 is 1.58 bits per heavy atom. The van der Waals surface area contributed by atoms with E-state index in [-0.39, 0.29) is 0 Å². The molecule has 1 aromatic rings. The van der Waals surface area contributed by atoms with Gasteiger partial charge in [-0.25, -0.2) is 4.98 Å². The summed E-state index contributed by atoms with van der Waals surface area (Å²) in [6.45, 7) is 6.39. The molecule has 0 aromatic carbocycles. The molecule has 0 aliphatic carbocycles. The van der Waals surface area contributed by atoms with Gasteiger partial charge in [0.15, 0.2) is 0 Å². The van der Waals surface area contributed by atoms with Gasteiger partial charge in [-0.1, -0.05) is 6.92 Å². The van der Waals surface area contributed by atoms with Crippen LogP contribution in [0.4, 0.5) is 0 Å². The molecular weight excluding hydrogens is 168 g/mol. The molecule has 12 heavy (non-hydrogen) atoms. The van der Waals surface area contributed by atoms with E-state index in [4.69, 9.17) is 0 Å². The van der Waals surface area contributed by atoms with Crippen molar-refractivity contribution in [1.82, 2.24) is 10.3 Å². The van der Waals surface area contributed by atoms with Crippen LogP contribution < -0.4 is 5.32 Å². The van der Waals surface area contributed by atoms with Crippen LogP contribution in [0.2, 0.25) is 0 Å². The van der Waals surface area contributed by atoms with E-state index < -0.39 is 0 Å². The van der Waals surface area contributed by atoms with Gasteiger partial charge in [0, 0.05) is 10.9 Å². The van der Waals surface area contributed by atoms with Crippen molar-refractivity contribution < 1.29 is 0 Å². The molecule has 0 amide bonds. The van der Waals surface area contributed by atoms with Gasteiger partial charge in [0.25, 0.3) is 0 Å². The molecule has 0 aliphatic heterocycles. The first kappa shape index (κ1) is 9.68. The minimum atomic E-state index is 0.433. The van der Waals surface area contributed by atoms with Gasteiger partial charge in [-0.2, -0.15) is 0 Å². The molecule has 1 N–H and O–H groups in total. The maximum Gasteiger partial charge on any atom is 0.0928 e. The highest BCUT2D eigenvalue weighted by Gasteiger charge is 2.11. The van der Waals surface area contributed by atoms with E-state index in [9.17, 15) is 0 Å². The van der Waals surface area contributed by atoms with Crippen molar-refractivity contribution in [2.75, 3.05) is 7.05 Å². The Morgan fingerprint density at radius 2 is 2.25 bits per heavy atom. The van der Waals surface area contributed by atoms with E-state index in [1.54, 1.807) is 0 Å². The molecule has 0 saturated carbocycles. The quantitative estimate of drug-likeness (QED) is 0.779. The van der Waals surface area contributed by atoms with Crippen LogP contribution in [0.25, 0.3) is 0 Å². The van der Waals surface area contributed by atoms with Crippen molar-refractivity contribution in [1.29, 1.82) is 0 Å². The molecule has 1 rings (SSSR count). The summed E-state index contributed by atoms with van der Waals surface area (Å²) in [5.41, 5.74) is 1.18. The summed E-state index contributed by atoms with van der Waals surface area (Å²) in [4.78, 5) is 5.85. The second-order valence-corrected chi connectivity index (χ2v) is 4.04. The second-order valence-electron chi connectivity index (χ2n) is 2.92. The van der Waals surface area contributed by atoms with Crippen LogP contribution in [0.5, 0.6) is 0 Å². The average molecular weight is 184 g/mol. The van der Waals surface area contributed by atoms with E-state index in [1.165, 1.54) is 15.6 Å². The van der Waals surface area contributed by atoms with E-state index >= 15 is 0 Å². The zero-order chi connectivity index (χ0) is 9.14. The molecule has 3 heteroatoms. The fourth-order valence-electron chi connectivity index (χ4n) is 1.15. The van der Waals surface area contributed by atoms with E-state index in [0.29, 0.717) is 6.04 Å². The lowest BCUT2D eigenvalue weighted by molar-refractivity contribution is 0.658. The van der Waals surface area contributed by atoms with Crippen LogP contribution in [0, 0.1) is 6.92 Å². The summed E-state index contributed by atoms with van der Waals surface area (Å²) in [7, 11) is 1.98. The van der Waals surface area contributed by atoms with E-state index in [2.05, 4.69) is 31.1 Å². The van der Waals surface area contributed by atoms with Crippen molar-refractivity contribution in [3.8, 4) is 0 Å². The van der Waals surface area contributed by atoms with Gasteiger partial charge in [-0.05, 0) is 27.3 Å². The number of thiazole rings is 1. The second kappa shape index (κ2) is 4.01. The Kier molecular flexibility index (Phi) is 3.23. The van der Waals surface area contributed by atoms with Crippen LogP contribution >= 0.6 is 11.3 Å². The minimum Gasteiger partial charge on any atom is -0.312 e. The van der Waals surface area contributed by atoms with Crippen LogP contribution in [-0.4, -0.2) is 12.0 Å². The molecule has 1 heterocycles. The summed E-state index contributed by atoms with van der Waals surface area (Å²) in [6.07, 6.45) is 1.04. The molecule has 0 aliphatic rings. The lowest BCUT2D eigenvalue weighted by atomic mass is 10.2. The smallest absolute Gasteiger partial charge is 0.0928 e. The van der Waals surface area contributed by atoms with Crippen molar-refractivity contribution in [3.05, 3.63) is 15.6 Å². The summed E-state index contributed by atoms with van der Waals surface area (Å²) >= 11 is 1.82. The molecular formula is C9H16N2S. The number of aryl methyl sites for hydroxylation is 2. The van der Waals surface area contributed by atoms with Gasteiger partial charge in [0.1, 0.15) is 0 Å². The standard InChI is InChI=1S/C9H16N2S/c1-5-8-11-7(3)9(12-8)6(2)10-4/h6,10H,5H2,1-4H3/t6-/m1/s1. The molecule has 0 radical (unpaired) electrons. The highest BCUT2D eigenvalue weighted by molar-refractivity contribution is 7.11. The number of nitrogens with one attached hydrogen (secondary N) is 1. The first-order valence-corrected chi connectivity index (χ1v) is 5.14. The zero-order valence-corrected chi connectivity index (χ0v) is 8.96. The summed E-state index contributed by atoms with van der Waals surface area (Å²) in [6, 6.07) is 0.433. The fourth-order valence-corrected chi connectivity index (χ4v) is 2.22. The van der Waals surface area contributed by atoms with E-state index in [1.807, 2.05) is 18.4 Å². The van der Waals surface area contributed by atoms with Crippen molar-refractivity contribution in [2.45, 2.75) is 33.2 Å².